The van der Waals surface area contributed by atoms with Crippen LogP contribution in [0.25, 0.3) is 10.9 Å². The number of nitrogens with one attached hydrogen (secondary N) is 4. The highest BCUT2D eigenvalue weighted by Gasteiger charge is 2.58. The monoisotopic (exact) mass is 804 g/mol. The number of carboxylic acids is 1. The van der Waals surface area contributed by atoms with Crippen LogP contribution in [0, 0.1) is 11.8 Å². The molecular formula is C33H44N10O10S2. The van der Waals surface area contributed by atoms with Crippen LogP contribution in [0.3, 0.4) is 0 Å². The van der Waals surface area contributed by atoms with Crippen molar-refractivity contribution in [1.29, 1.82) is 0 Å². The van der Waals surface area contributed by atoms with Gasteiger partial charge in [0.1, 0.15) is 29.9 Å². The molecule has 0 saturated carbocycles. The van der Waals surface area contributed by atoms with Crippen LogP contribution in [0.5, 0.6) is 5.75 Å². The van der Waals surface area contributed by atoms with E-state index in [1.165, 1.54) is 19.2 Å². The normalized spacial score (nSPS) is 19.3. The van der Waals surface area contributed by atoms with Gasteiger partial charge >= 0.3 is 16.4 Å². The number of hydroxylamine groups is 2. The van der Waals surface area contributed by atoms with E-state index in [1.807, 2.05) is 12.1 Å². The number of ether oxygens (including phenoxy) is 1. The van der Waals surface area contributed by atoms with Gasteiger partial charge < -0.3 is 46.6 Å². The Morgan fingerprint density at radius 2 is 1.85 bits per heavy atom. The minimum absolute atomic E-state index is 0.0617. The second-order valence-corrected chi connectivity index (χ2v) is 16.0. The highest BCUT2D eigenvalue weighted by Crippen LogP contribution is 2.33. The number of carboxylic acid groups (broad SMARTS) is 1. The van der Waals surface area contributed by atoms with Crippen LogP contribution in [0.15, 0.2) is 40.9 Å². The lowest BCUT2D eigenvalue weighted by Crippen LogP contribution is -2.76. The first-order valence-electron chi connectivity index (χ1n) is 17.6. The van der Waals surface area contributed by atoms with Gasteiger partial charge in [-0.25, -0.2) is 14.8 Å². The molecule has 0 spiro atoms. The van der Waals surface area contributed by atoms with Gasteiger partial charge in [0.05, 0.1) is 11.1 Å². The fourth-order valence-electron chi connectivity index (χ4n) is 6.21. The molecule has 298 valence electrons. The third kappa shape index (κ3) is 10.1. The molecule has 6 rings (SSSR count). The Labute approximate surface area is 320 Å². The molecule has 3 aliphatic heterocycles. The number of nitrogens with two attached hydrogens (primary N) is 1. The van der Waals surface area contributed by atoms with E-state index in [9.17, 15) is 27.9 Å². The number of oxime groups is 1. The average molecular weight is 805 g/mol. The largest absolute Gasteiger partial charge is 0.489 e. The van der Waals surface area contributed by atoms with Gasteiger partial charge in [-0.1, -0.05) is 5.16 Å². The summed E-state index contributed by atoms with van der Waals surface area (Å²) in [6, 6.07) is 7.54. The van der Waals surface area contributed by atoms with Crippen molar-refractivity contribution in [3.05, 3.63) is 41.4 Å². The van der Waals surface area contributed by atoms with E-state index >= 15 is 0 Å². The molecule has 20 nitrogen and oxygen atoms in total. The number of benzene rings is 1. The van der Waals surface area contributed by atoms with E-state index in [-0.39, 0.29) is 10.8 Å². The van der Waals surface area contributed by atoms with Crippen LogP contribution in [0.1, 0.15) is 26.0 Å². The van der Waals surface area contributed by atoms with Gasteiger partial charge in [0.2, 0.25) is 0 Å². The number of hydrogen-bond acceptors (Lipinski definition) is 17. The van der Waals surface area contributed by atoms with Crippen molar-refractivity contribution in [2.75, 3.05) is 70.0 Å². The van der Waals surface area contributed by atoms with Gasteiger partial charge in [-0.05, 0) is 69.0 Å². The number of hydrogen-bond donors (Lipinski definition) is 7. The maximum absolute atomic E-state index is 13.3. The lowest BCUT2D eigenvalue weighted by atomic mass is 9.84. The van der Waals surface area contributed by atoms with Gasteiger partial charge in [0.15, 0.2) is 10.8 Å². The number of β-lactam (4-membered cyclic amide) rings is 1. The van der Waals surface area contributed by atoms with Crippen molar-refractivity contribution in [3.63, 3.8) is 0 Å². The van der Waals surface area contributed by atoms with Crippen molar-refractivity contribution in [2.24, 2.45) is 17.0 Å². The number of rotatable bonds is 20. The summed E-state index contributed by atoms with van der Waals surface area (Å²) in [6.07, 6.45) is -0.703. The van der Waals surface area contributed by atoms with Crippen LogP contribution < -0.4 is 31.7 Å². The molecule has 3 aliphatic rings. The molecule has 2 atom stereocenters. The smallest absolute Gasteiger partial charge is 0.418 e. The van der Waals surface area contributed by atoms with Gasteiger partial charge in [-0.15, -0.1) is 15.6 Å². The number of nitrogen functional groups attached to an aromatic ring is 1. The van der Waals surface area contributed by atoms with E-state index in [4.69, 9.17) is 24.8 Å². The van der Waals surface area contributed by atoms with E-state index in [1.54, 1.807) is 18.2 Å². The van der Waals surface area contributed by atoms with E-state index < -0.39 is 58.2 Å². The molecule has 3 fully saturated rings. The summed E-state index contributed by atoms with van der Waals surface area (Å²) in [6.45, 7) is 10.6. The summed E-state index contributed by atoms with van der Waals surface area (Å²) in [7, 11) is -5.02. The van der Waals surface area contributed by atoms with Crippen molar-refractivity contribution < 1.29 is 46.3 Å². The maximum Gasteiger partial charge on any atom is 0.418 e. The molecule has 1 unspecified atom stereocenters. The van der Waals surface area contributed by atoms with Crippen molar-refractivity contribution in [1.82, 2.24) is 35.9 Å². The van der Waals surface area contributed by atoms with E-state index in [0.717, 1.165) is 93.2 Å². The number of anilines is 2. The van der Waals surface area contributed by atoms with Crippen LogP contribution in [0.4, 0.5) is 10.9 Å². The van der Waals surface area contributed by atoms with Gasteiger partial charge in [-0.3, -0.25) is 14.1 Å². The topological polar surface area (TPSA) is 272 Å². The predicted molar refractivity (Wildman–Crippen MR) is 201 cm³/mol. The number of fused-ring (bicyclic) bond motifs is 1. The molecule has 0 aliphatic carbocycles. The molecule has 1 aromatic carbocycles. The molecule has 2 aromatic heterocycles. The Hall–Kier alpha value is -4.71. The zero-order valence-corrected chi connectivity index (χ0v) is 31.8. The number of carbonyl (C=O) groups is 3. The fraction of sp³-hybridized carbons (Fsp3) is 0.515. The minimum atomic E-state index is -5.02. The summed E-state index contributed by atoms with van der Waals surface area (Å²) in [5.41, 5.74) is 4.41. The molecule has 55 heavy (non-hydrogen) atoms. The van der Waals surface area contributed by atoms with Crippen LogP contribution in [-0.2, 0) is 33.9 Å². The van der Waals surface area contributed by atoms with Crippen molar-refractivity contribution in [2.45, 2.75) is 38.0 Å². The molecular weight excluding hydrogens is 761 g/mol. The Kier molecular flexibility index (Phi) is 12.3. The third-order valence-corrected chi connectivity index (χ3v) is 10.4. The highest BCUT2D eigenvalue weighted by molar-refractivity contribution is 7.80. The second kappa shape index (κ2) is 17.0. The number of aromatic nitrogens is 2. The molecule has 0 radical (unpaired) electrons. The number of nitrogens with zero attached hydrogens (tertiary/aromatic N) is 5. The molecule has 22 heteroatoms. The number of amides is 2. The number of carbonyl (C=O) groups excluding carboxylic acids is 2. The standard InChI is InChI=1S/C33H44N10O10S2/c1-33(2)28(30(45)43(33)53-55(48,49)50)40-29(44)27(24-18-54-32(34)39-24)41-52-25(31(46)47)17-51-22-5-6-23-21(10-22)4-7-26(38-23)37-8-3-9-42(15-19-11-35-12-19)16-20-13-36-14-20/h4-7,10,18-20,25,28,35-36H,3,8-9,11-17H2,1-2H3,(H2,34,39)(H,37,38)(H,40,44)(H,46,47)(H,48,49,50)/b41-27-/t25-,28?/m0/s1. The number of pyridine rings is 1. The molecule has 0 bridgehead atoms. The lowest BCUT2D eigenvalue weighted by Gasteiger charge is -2.50. The van der Waals surface area contributed by atoms with E-state index in [0.29, 0.717) is 16.3 Å². The second-order valence-electron chi connectivity index (χ2n) is 14.1. The zero-order chi connectivity index (χ0) is 39.3. The lowest BCUT2D eigenvalue weighted by molar-refractivity contribution is -0.218. The molecule has 2 amide bonds. The molecule has 5 heterocycles. The summed E-state index contributed by atoms with van der Waals surface area (Å²) in [5.74, 6) is -0.925. The molecule has 3 aromatic rings. The Balaban J connectivity index is 1.03. The first-order valence-corrected chi connectivity index (χ1v) is 19.8. The summed E-state index contributed by atoms with van der Waals surface area (Å²) < 4.78 is 41.3. The van der Waals surface area contributed by atoms with Gasteiger partial charge in [0, 0.05) is 56.6 Å². The quantitative estimate of drug-likeness (QED) is 0.0258. The SMILES string of the molecule is CC1(C)C(NC(=O)/C(=N\O[C@@H](COc2ccc3nc(NCCCN(CC4CNC4)CC4CNC4)ccc3c2)C(=O)O)c2csc(N)n2)C(=O)N1OS(=O)(=O)O. The van der Waals surface area contributed by atoms with Crippen LogP contribution in [0.2, 0.25) is 0 Å². The summed E-state index contributed by atoms with van der Waals surface area (Å²) >= 11 is 0.965. The Morgan fingerprint density at radius 1 is 1.15 bits per heavy atom. The highest BCUT2D eigenvalue weighted by atomic mass is 32.3. The number of thiazole rings is 1. The van der Waals surface area contributed by atoms with E-state index in [2.05, 4.69) is 40.6 Å². The number of aliphatic carboxylic acids is 1. The Morgan fingerprint density at radius 3 is 2.44 bits per heavy atom. The molecule has 8 N–H and O–H groups in total. The van der Waals surface area contributed by atoms with Gasteiger partial charge in [0.25, 0.3) is 17.9 Å². The van der Waals surface area contributed by atoms with Crippen molar-refractivity contribution in [3.8, 4) is 5.75 Å². The third-order valence-electron chi connectivity index (χ3n) is 9.43. The van der Waals surface area contributed by atoms with Crippen LogP contribution in [-0.4, -0.2) is 138 Å². The maximum atomic E-state index is 13.3. The predicted octanol–water partition coefficient (Wildman–Crippen LogP) is -0.0908. The first-order chi connectivity index (χ1) is 26.2. The zero-order valence-electron chi connectivity index (χ0n) is 30.1. The summed E-state index contributed by atoms with van der Waals surface area (Å²) in [5, 5.41) is 28.7. The van der Waals surface area contributed by atoms with Crippen LogP contribution >= 0.6 is 11.3 Å². The average Bonchev–Trinajstić information content (AvgIpc) is 3.53. The fourth-order valence-corrected chi connectivity index (χ4v) is 7.21. The van der Waals surface area contributed by atoms with Crippen molar-refractivity contribution >= 4 is 67.1 Å². The first kappa shape index (κ1) is 40.0. The summed E-state index contributed by atoms with van der Waals surface area (Å²) in [4.78, 5) is 54.5. The molecule has 3 saturated heterocycles. The minimum Gasteiger partial charge on any atom is -0.489 e. The Bertz CT molecular complexity index is 2010. The van der Waals surface area contributed by atoms with Gasteiger partial charge in [-0.2, -0.15) is 13.5 Å².